The van der Waals surface area contributed by atoms with Gasteiger partial charge in [-0.3, -0.25) is 9.59 Å². The van der Waals surface area contributed by atoms with Crippen LogP contribution in [0, 0.1) is 0 Å². The van der Waals surface area contributed by atoms with Crippen molar-refractivity contribution in [3.05, 3.63) is 54.1 Å². The van der Waals surface area contributed by atoms with Gasteiger partial charge in [-0.25, -0.2) is 0 Å². The zero-order valence-electron chi connectivity index (χ0n) is 17.3. The normalized spacial score (nSPS) is 15.6. The number of anilines is 2. The molecule has 0 fully saturated rings. The van der Waals surface area contributed by atoms with E-state index in [1.54, 1.807) is 18.9 Å². The van der Waals surface area contributed by atoms with E-state index >= 15 is 0 Å². The summed E-state index contributed by atoms with van der Waals surface area (Å²) in [6.07, 6.45) is -2.94. The number of nitrogens with zero attached hydrogens (tertiary/aromatic N) is 1. The maximum Gasteiger partial charge on any atom is 0.573 e. The topological polar surface area (TPSA) is 63.1 Å². The Hall–Kier alpha value is -3.07. The summed E-state index contributed by atoms with van der Waals surface area (Å²) in [6, 6.07) is 12.3. The van der Waals surface area contributed by atoms with Crippen molar-refractivity contribution in [2.45, 2.75) is 32.2 Å². The Morgan fingerprint density at radius 1 is 1.16 bits per heavy atom. The fraction of sp³-hybridized carbons (Fsp3) is 0.364. The van der Waals surface area contributed by atoms with Crippen molar-refractivity contribution in [3.63, 3.8) is 0 Å². The molecule has 2 atom stereocenters. The van der Waals surface area contributed by atoms with Crippen molar-refractivity contribution in [2.24, 2.45) is 0 Å². The number of nitrogens with one attached hydrogen (secondary N) is 2. The average Bonchev–Trinajstić information content (AvgIpc) is 2.72. The lowest BCUT2D eigenvalue weighted by molar-refractivity contribution is -0.885. The number of aryl methyl sites for hydroxylation is 1. The van der Waals surface area contributed by atoms with Gasteiger partial charge < -0.3 is 19.9 Å². The summed E-state index contributed by atoms with van der Waals surface area (Å²) < 4.78 is 40.5. The second-order valence-corrected chi connectivity index (χ2v) is 7.59. The first-order valence-corrected chi connectivity index (χ1v) is 10.0. The number of para-hydroxylation sites is 1. The highest BCUT2D eigenvalue weighted by molar-refractivity contribution is 5.97. The molecule has 0 saturated carbocycles. The molecule has 9 heteroatoms. The van der Waals surface area contributed by atoms with E-state index < -0.39 is 12.4 Å². The minimum atomic E-state index is -4.77. The van der Waals surface area contributed by atoms with Crippen molar-refractivity contribution >= 4 is 23.2 Å². The largest absolute Gasteiger partial charge is 0.573 e. The van der Waals surface area contributed by atoms with Crippen molar-refractivity contribution in [3.8, 4) is 5.75 Å². The molecule has 2 amide bonds. The van der Waals surface area contributed by atoms with E-state index in [9.17, 15) is 22.8 Å². The minimum absolute atomic E-state index is 0.0309. The third-order valence-electron chi connectivity index (χ3n) is 5.30. The maximum absolute atomic E-state index is 13.1. The summed E-state index contributed by atoms with van der Waals surface area (Å²) in [6.45, 7) is 2.46. The fourth-order valence-electron chi connectivity index (χ4n) is 3.56. The van der Waals surface area contributed by atoms with E-state index in [1.165, 1.54) is 12.1 Å². The van der Waals surface area contributed by atoms with Gasteiger partial charge in [-0.15, -0.1) is 13.2 Å². The number of benzene rings is 2. The summed E-state index contributed by atoms with van der Waals surface area (Å²) in [5.41, 5.74) is 2.41. The van der Waals surface area contributed by atoms with Gasteiger partial charge in [0.25, 0.3) is 11.8 Å². The van der Waals surface area contributed by atoms with Gasteiger partial charge in [-0.2, -0.15) is 0 Å². The quantitative estimate of drug-likeness (QED) is 0.731. The Balaban J connectivity index is 1.56. The smallest absolute Gasteiger partial charge is 0.406 e. The molecule has 6 nitrogen and oxygen atoms in total. The lowest BCUT2D eigenvalue weighted by Gasteiger charge is -2.32. The van der Waals surface area contributed by atoms with Crippen LogP contribution in [0.4, 0.5) is 24.5 Å². The molecule has 1 unspecified atom stereocenters. The van der Waals surface area contributed by atoms with Gasteiger partial charge in [0, 0.05) is 17.9 Å². The number of hydrogen-bond acceptors (Lipinski definition) is 3. The number of carbonyl (C=O) groups is 2. The van der Waals surface area contributed by atoms with E-state index in [1.807, 2.05) is 24.3 Å². The zero-order valence-corrected chi connectivity index (χ0v) is 17.3. The number of fused-ring (bicyclic) bond motifs is 1. The van der Waals surface area contributed by atoms with Crippen LogP contribution in [0.3, 0.4) is 0 Å². The van der Waals surface area contributed by atoms with Gasteiger partial charge in [-0.1, -0.05) is 18.2 Å². The van der Waals surface area contributed by atoms with Crippen molar-refractivity contribution in [1.29, 1.82) is 0 Å². The second-order valence-electron chi connectivity index (χ2n) is 7.59. The number of alkyl halides is 3. The number of hydrogen-bond donors (Lipinski definition) is 2. The summed E-state index contributed by atoms with van der Waals surface area (Å²) in [4.78, 5) is 27.9. The predicted octanol–water partition coefficient (Wildman–Crippen LogP) is 2.41. The Bertz CT molecular complexity index is 932. The van der Waals surface area contributed by atoms with E-state index in [0.717, 1.165) is 36.2 Å². The standard InChI is InChI=1S/C22H24F3N3O3/c1-15(21(30)28-13-5-7-16-6-3-4-8-19(16)28)27(2)14-20(29)26-17-9-11-18(12-10-17)31-22(23,24)25/h3-4,6,8-12,15H,5,7,13-14H2,1-2H3,(H,26,29)/p+1/t15-/m1/s1. The van der Waals surface area contributed by atoms with Crippen LogP contribution in [0.15, 0.2) is 48.5 Å². The molecule has 2 aromatic rings. The fourth-order valence-corrected chi connectivity index (χ4v) is 3.56. The summed E-state index contributed by atoms with van der Waals surface area (Å²) in [5.74, 6) is -0.763. The van der Waals surface area contributed by atoms with Crippen molar-refractivity contribution < 1.29 is 32.4 Å². The molecule has 0 bridgehead atoms. The van der Waals surface area contributed by atoms with Crippen LogP contribution in [-0.4, -0.2) is 44.4 Å². The number of rotatable bonds is 6. The minimum Gasteiger partial charge on any atom is -0.406 e. The number of ether oxygens (including phenoxy) is 1. The van der Waals surface area contributed by atoms with Gasteiger partial charge >= 0.3 is 6.36 Å². The maximum atomic E-state index is 13.1. The van der Waals surface area contributed by atoms with E-state index in [0.29, 0.717) is 17.1 Å². The second kappa shape index (κ2) is 9.38. The van der Waals surface area contributed by atoms with Crippen LogP contribution in [0.2, 0.25) is 0 Å². The van der Waals surface area contributed by atoms with Crippen LogP contribution >= 0.6 is 0 Å². The molecule has 0 spiro atoms. The molecule has 0 radical (unpaired) electrons. The molecule has 1 aliphatic heterocycles. The first kappa shape index (κ1) is 22.6. The molecule has 1 aliphatic rings. The van der Waals surface area contributed by atoms with Gasteiger partial charge in [-0.05, 0) is 55.7 Å². The van der Waals surface area contributed by atoms with E-state index in [-0.39, 0.29) is 24.1 Å². The highest BCUT2D eigenvalue weighted by atomic mass is 19.4. The van der Waals surface area contributed by atoms with E-state index in [4.69, 9.17) is 0 Å². The van der Waals surface area contributed by atoms with Gasteiger partial charge in [0.05, 0.1) is 7.05 Å². The third-order valence-corrected chi connectivity index (χ3v) is 5.30. The van der Waals surface area contributed by atoms with Crippen LogP contribution in [0.25, 0.3) is 0 Å². The number of quaternary nitrogens is 1. The molecule has 0 aromatic heterocycles. The Morgan fingerprint density at radius 2 is 1.84 bits per heavy atom. The van der Waals surface area contributed by atoms with E-state index in [2.05, 4.69) is 10.1 Å². The lowest BCUT2D eigenvalue weighted by Crippen LogP contribution is -3.15. The summed E-state index contributed by atoms with van der Waals surface area (Å²) in [5, 5.41) is 2.63. The molecule has 0 saturated heterocycles. The van der Waals surface area contributed by atoms with Gasteiger partial charge in [0.15, 0.2) is 12.6 Å². The number of amides is 2. The van der Waals surface area contributed by atoms with Crippen molar-refractivity contribution in [1.82, 2.24) is 0 Å². The number of likely N-dealkylation sites (N-methyl/N-ethyl adjacent to an activating group) is 1. The Labute approximate surface area is 178 Å². The molecule has 166 valence electrons. The first-order valence-electron chi connectivity index (χ1n) is 10.0. The molecule has 0 aliphatic carbocycles. The van der Waals surface area contributed by atoms with Crippen LogP contribution in [0.1, 0.15) is 18.9 Å². The average molecular weight is 436 g/mol. The molecule has 31 heavy (non-hydrogen) atoms. The van der Waals surface area contributed by atoms with Crippen molar-refractivity contribution in [2.75, 3.05) is 30.4 Å². The molecule has 2 aromatic carbocycles. The van der Waals surface area contributed by atoms with Crippen LogP contribution in [0.5, 0.6) is 5.75 Å². The van der Waals surface area contributed by atoms with Crippen LogP contribution < -0.4 is 19.9 Å². The summed E-state index contributed by atoms with van der Waals surface area (Å²) >= 11 is 0. The highest BCUT2D eigenvalue weighted by Gasteiger charge is 2.32. The Kier molecular flexibility index (Phi) is 6.84. The number of carbonyl (C=O) groups excluding carboxylic acids is 2. The van der Waals surface area contributed by atoms with Gasteiger partial charge in [0.2, 0.25) is 0 Å². The lowest BCUT2D eigenvalue weighted by atomic mass is 10.0. The zero-order chi connectivity index (χ0) is 22.6. The molecule has 2 N–H and O–H groups in total. The molecular formula is C22H25F3N3O3+. The Morgan fingerprint density at radius 3 is 2.52 bits per heavy atom. The predicted molar refractivity (Wildman–Crippen MR) is 110 cm³/mol. The molecule has 3 rings (SSSR count). The summed E-state index contributed by atoms with van der Waals surface area (Å²) in [7, 11) is 1.76. The third kappa shape index (κ3) is 5.97. The molecule has 1 heterocycles. The highest BCUT2D eigenvalue weighted by Crippen LogP contribution is 2.27. The van der Waals surface area contributed by atoms with Gasteiger partial charge in [0.1, 0.15) is 5.75 Å². The molecular weight excluding hydrogens is 411 g/mol. The monoisotopic (exact) mass is 436 g/mol. The number of halogens is 3. The SMILES string of the molecule is C[C@H](C(=O)N1CCCc2ccccc21)[NH+](C)CC(=O)Nc1ccc(OC(F)(F)F)cc1. The van der Waals surface area contributed by atoms with Crippen LogP contribution in [-0.2, 0) is 16.0 Å². The first-order chi connectivity index (χ1) is 14.6.